The van der Waals surface area contributed by atoms with Crippen molar-refractivity contribution in [3.63, 3.8) is 0 Å². The molecule has 3 amide bonds. The Labute approximate surface area is 123 Å². The first-order valence-corrected chi connectivity index (χ1v) is 6.46. The van der Waals surface area contributed by atoms with E-state index >= 15 is 0 Å². The Morgan fingerprint density at radius 2 is 1.85 bits per heavy atom. The predicted octanol–water partition coefficient (Wildman–Crippen LogP) is 1.08. The summed E-state index contributed by atoms with van der Waals surface area (Å²) in [7, 11) is 0. The average molecular weight is 344 g/mol. The Bertz CT molecular complexity index is 513. The highest BCUT2D eigenvalue weighted by Gasteiger charge is 2.07. The van der Waals surface area contributed by atoms with E-state index < -0.39 is 24.5 Å². The second-order valence-electron chi connectivity index (χ2n) is 4.00. The van der Waals surface area contributed by atoms with Crippen LogP contribution in [0.3, 0.4) is 0 Å². The van der Waals surface area contributed by atoms with E-state index in [2.05, 4.69) is 31.9 Å². The van der Waals surface area contributed by atoms with Gasteiger partial charge in [0.1, 0.15) is 6.54 Å². The van der Waals surface area contributed by atoms with Crippen LogP contribution >= 0.6 is 15.9 Å². The van der Waals surface area contributed by atoms with Crippen molar-refractivity contribution in [1.29, 1.82) is 0 Å². The fourth-order valence-electron chi connectivity index (χ4n) is 1.38. The Hall–Kier alpha value is -2.09. The summed E-state index contributed by atoms with van der Waals surface area (Å²) >= 11 is 3.31. The second kappa shape index (κ2) is 7.49. The van der Waals surface area contributed by atoms with Crippen LogP contribution in [0.25, 0.3) is 0 Å². The number of aryl methyl sites for hydroxylation is 1. The fraction of sp³-hybridized carbons (Fsp3) is 0.250. The molecule has 1 aromatic rings. The minimum absolute atomic E-state index is 0.300. The highest BCUT2D eigenvalue weighted by molar-refractivity contribution is 9.10. The molecule has 7 nitrogen and oxygen atoms in total. The molecule has 0 saturated carbocycles. The first-order chi connectivity index (χ1) is 9.36. The maximum atomic E-state index is 11.5. The minimum atomic E-state index is -1.15. The van der Waals surface area contributed by atoms with Crippen LogP contribution < -0.4 is 16.0 Å². The van der Waals surface area contributed by atoms with Gasteiger partial charge in [-0.1, -0.05) is 15.9 Å². The van der Waals surface area contributed by atoms with E-state index in [9.17, 15) is 14.4 Å². The zero-order chi connectivity index (χ0) is 15.1. The number of nitrogens with one attached hydrogen (secondary N) is 3. The summed E-state index contributed by atoms with van der Waals surface area (Å²) in [5, 5.41) is 15.4. The van der Waals surface area contributed by atoms with Gasteiger partial charge in [-0.3, -0.25) is 9.59 Å². The normalized spacial score (nSPS) is 9.70. The molecule has 0 heterocycles. The van der Waals surface area contributed by atoms with E-state index in [4.69, 9.17) is 5.11 Å². The van der Waals surface area contributed by atoms with E-state index in [-0.39, 0.29) is 6.54 Å². The first kappa shape index (κ1) is 16.0. The van der Waals surface area contributed by atoms with Gasteiger partial charge in [-0.25, -0.2) is 4.79 Å². The van der Waals surface area contributed by atoms with Crippen LogP contribution in [0.15, 0.2) is 22.7 Å². The van der Waals surface area contributed by atoms with Crippen molar-refractivity contribution in [2.24, 2.45) is 0 Å². The molecule has 8 heteroatoms. The molecule has 0 saturated heterocycles. The number of carbonyl (C=O) groups excluding carboxylic acids is 2. The first-order valence-electron chi connectivity index (χ1n) is 5.67. The number of carboxylic acid groups (broad SMARTS) is 1. The number of anilines is 1. The van der Waals surface area contributed by atoms with Gasteiger partial charge in [-0.05, 0) is 30.7 Å². The third kappa shape index (κ3) is 6.19. The van der Waals surface area contributed by atoms with Gasteiger partial charge >= 0.3 is 12.0 Å². The van der Waals surface area contributed by atoms with Crippen molar-refractivity contribution >= 4 is 39.5 Å². The van der Waals surface area contributed by atoms with Crippen LogP contribution in [-0.4, -0.2) is 36.1 Å². The number of aliphatic carboxylic acids is 1. The largest absolute Gasteiger partial charge is 0.480 e. The number of urea groups is 1. The predicted molar refractivity (Wildman–Crippen MR) is 76.5 cm³/mol. The maximum absolute atomic E-state index is 11.5. The Morgan fingerprint density at radius 1 is 1.15 bits per heavy atom. The summed E-state index contributed by atoms with van der Waals surface area (Å²) in [6.45, 7) is 1.10. The third-order valence-electron chi connectivity index (χ3n) is 2.15. The van der Waals surface area contributed by atoms with Crippen LogP contribution in [0.4, 0.5) is 10.5 Å². The molecule has 0 fully saturated rings. The van der Waals surface area contributed by atoms with Gasteiger partial charge in [0.25, 0.3) is 0 Å². The molecule has 4 N–H and O–H groups in total. The topological polar surface area (TPSA) is 108 Å². The molecule has 0 aliphatic heterocycles. The Morgan fingerprint density at radius 3 is 2.45 bits per heavy atom. The van der Waals surface area contributed by atoms with Gasteiger partial charge in [0, 0.05) is 10.2 Å². The standard InChI is InChI=1S/C12H14BrN3O4/c1-7-2-8(13)4-9(3-7)16-12(20)15-5-10(17)14-6-11(18)19/h2-4H,5-6H2,1H3,(H,14,17)(H,18,19)(H2,15,16,20). The van der Waals surface area contributed by atoms with E-state index in [0.29, 0.717) is 5.69 Å². The van der Waals surface area contributed by atoms with Gasteiger partial charge < -0.3 is 21.1 Å². The Kier molecular flexibility index (Phi) is 5.98. The molecule has 0 bridgehead atoms. The Balaban J connectivity index is 2.40. The summed E-state index contributed by atoms with van der Waals surface area (Å²) in [4.78, 5) is 33.0. The molecular weight excluding hydrogens is 330 g/mol. The molecule has 0 atom stereocenters. The smallest absolute Gasteiger partial charge is 0.322 e. The zero-order valence-corrected chi connectivity index (χ0v) is 12.3. The van der Waals surface area contributed by atoms with Crippen molar-refractivity contribution in [1.82, 2.24) is 10.6 Å². The number of hydrogen-bond donors (Lipinski definition) is 4. The SMILES string of the molecule is Cc1cc(Br)cc(NC(=O)NCC(=O)NCC(=O)O)c1. The summed E-state index contributed by atoms with van der Waals surface area (Å²) in [6.07, 6.45) is 0. The van der Waals surface area contributed by atoms with Gasteiger partial charge in [0.05, 0.1) is 6.54 Å². The lowest BCUT2D eigenvalue weighted by atomic mass is 10.2. The van der Waals surface area contributed by atoms with Crippen molar-refractivity contribution in [2.75, 3.05) is 18.4 Å². The molecule has 108 valence electrons. The van der Waals surface area contributed by atoms with E-state index in [1.807, 2.05) is 13.0 Å². The van der Waals surface area contributed by atoms with Crippen molar-refractivity contribution in [3.8, 4) is 0 Å². The van der Waals surface area contributed by atoms with Gasteiger partial charge in [0.15, 0.2) is 0 Å². The van der Waals surface area contributed by atoms with Crippen LogP contribution in [0.5, 0.6) is 0 Å². The van der Waals surface area contributed by atoms with Crippen LogP contribution in [0.2, 0.25) is 0 Å². The average Bonchev–Trinajstić information content (AvgIpc) is 2.32. The molecular formula is C12H14BrN3O4. The van der Waals surface area contributed by atoms with Gasteiger partial charge in [-0.15, -0.1) is 0 Å². The van der Waals surface area contributed by atoms with Crippen LogP contribution in [0.1, 0.15) is 5.56 Å². The summed E-state index contributed by atoms with van der Waals surface area (Å²) < 4.78 is 0.826. The molecule has 0 radical (unpaired) electrons. The zero-order valence-electron chi connectivity index (χ0n) is 10.7. The molecule has 0 unspecified atom stereocenters. The number of carbonyl (C=O) groups is 3. The van der Waals surface area contributed by atoms with Crippen LogP contribution in [-0.2, 0) is 9.59 Å². The van der Waals surface area contributed by atoms with E-state index in [1.165, 1.54) is 0 Å². The number of carboxylic acids is 1. The number of benzene rings is 1. The van der Waals surface area contributed by atoms with Crippen molar-refractivity contribution in [2.45, 2.75) is 6.92 Å². The van der Waals surface area contributed by atoms with Gasteiger partial charge in [0.2, 0.25) is 5.91 Å². The summed E-state index contributed by atoms with van der Waals surface area (Å²) in [6, 6.07) is 4.84. The van der Waals surface area contributed by atoms with E-state index in [1.54, 1.807) is 12.1 Å². The third-order valence-corrected chi connectivity index (χ3v) is 2.60. The molecule has 1 aromatic carbocycles. The number of amides is 3. The van der Waals surface area contributed by atoms with E-state index in [0.717, 1.165) is 10.0 Å². The second-order valence-corrected chi connectivity index (χ2v) is 4.91. The summed E-state index contributed by atoms with van der Waals surface area (Å²) in [5.74, 6) is -1.72. The van der Waals surface area contributed by atoms with Crippen molar-refractivity contribution < 1.29 is 19.5 Å². The quantitative estimate of drug-likeness (QED) is 0.641. The van der Waals surface area contributed by atoms with Gasteiger partial charge in [-0.2, -0.15) is 0 Å². The minimum Gasteiger partial charge on any atom is -0.480 e. The molecule has 20 heavy (non-hydrogen) atoms. The fourth-order valence-corrected chi connectivity index (χ4v) is 1.99. The highest BCUT2D eigenvalue weighted by atomic mass is 79.9. The maximum Gasteiger partial charge on any atom is 0.322 e. The molecule has 0 aliphatic carbocycles. The number of halogens is 1. The number of rotatable bonds is 5. The molecule has 0 aromatic heterocycles. The van der Waals surface area contributed by atoms with Crippen LogP contribution in [0, 0.1) is 6.92 Å². The molecule has 1 rings (SSSR count). The lowest BCUT2D eigenvalue weighted by Crippen LogP contribution is -2.40. The monoisotopic (exact) mass is 343 g/mol. The van der Waals surface area contributed by atoms with Crippen molar-refractivity contribution in [3.05, 3.63) is 28.2 Å². The lowest BCUT2D eigenvalue weighted by molar-refractivity contribution is -0.137. The molecule has 0 spiro atoms. The highest BCUT2D eigenvalue weighted by Crippen LogP contribution is 2.18. The summed E-state index contributed by atoms with van der Waals surface area (Å²) in [5.41, 5.74) is 1.55. The lowest BCUT2D eigenvalue weighted by Gasteiger charge is -2.08. The number of hydrogen-bond acceptors (Lipinski definition) is 3. The molecule has 0 aliphatic rings.